The first-order chi connectivity index (χ1) is 9.02. The molecule has 0 spiro atoms. The van der Waals surface area contributed by atoms with Crippen LogP contribution >= 0.6 is 0 Å². The van der Waals surface area contributed by atoms with Crippen molar-refractivity contribution in [3.05, 3.63) is 0 Å². The molecule has 1 amide bonds. The van der Waals surface area contributed by atoms with Gasteiger partial charge in [0.1, 0.15) is 0 Å². The Morgan fingerprint density at radius 2 is 2.21 bits per heavy atom. The number of carbonyl (C=O) groups excluding carboxylic acids is 1. The summed E-state index contributed by atoms with van der Waals surface area (Å²) in [5.41, 5.74) is -0.700. The average Bonchev–Trinajstić information content (AvgIpc) is 2.84. The van der Waals surface area contributed by atoms with E-state index in [1.54, 1.807) is 0 Å². The molecule has 0 bridgehead atoms. The summed E-state index contributed by atoms with van der Waals surface area (Å²) in [4.78, 5) is 16.1. The lowest BCUT2D eigenvalue weighted by Gasteiger charge is -2.35. The fourth-order valence-electron chi connectivity index (χ4n) is 2.70. The van der Waals surface area contributed by atoms with Crippen LogP contribution in [0.1, 0.15) is 13.3 Å². The zero-order valence-electron chi connectivity index (χ0n) is 11.9. The molecule has 110 valence electrons. The highest BCUT2D eigenvalue weighted by atomic mass is 16.5. The Kier molecular flexibility index (Phi) is 4.78. The molecule has 19 heavy (non-hydrogen) atoms. The zero-order chi connectivity index (χ0) is 13.9. The SMILES string of the molecule is CC(C(=O)N1CCOCC1)N(C)CC1(O)CCNC1. The Labute approximate surface area is 114 Å². The second kappa shape index (κ2) is 6.17. The van der Waals surface area contributed by atoms with Gasteiger partial charge in [-0.25, -0.2) is 0 Å². The Balaban J connectivity index is 1.86. The highest BCUT2D eigenvalue weighted by molar-refractivity contribution is 5.81. The molecule has 2 fully saturated rings. The fraction of sp³-hybridized carbons (Fsp3) is 0.923. The number of β-amino-alcohol motifs (C(OH)–C–C–N with tert-alkyl or cyclic N) is 1. The maximum absolute atomic E-state index is 12.3. The van der Waals surface area contributed by atoms with Crippen LogP contribution in [0.5, 0.6) is 0 Å². The number of nitrogens with one attached hydrogen (secondary N) is 1. The molecule has 0 radical (unpaired) electrons. The average molecular weight is 271 g/mol. The number of rotatable bonds is 4. The molecule has 2 heterocycles. The van der Waals surface area contributed by atoms with Gasteiger partial charge in [0.05, 0.1) is 24.9 Å². The van der Waals surface area contributed by atoms with Gasteiger partial charge in [0, 0.05) is 26.2 Å². The number of carbonyl (C=O) groups is 1. The van der Waals surface area contributed by atoms with E-state index in [1.165, 1.54) is 0 Å². The number of likely N-dealkylation sites (N-methyl/N-ethyl adjacent to an activating group) is 1. The van der Waals surface area contributed by atoms with Crippen molar-refractivity contribution < 1.29 is 14.6 Å². The van der Waals surface area contributed by atoms with Gasteiger partial charge in [0.15, 0.2) is 0 Å². The minimum atomic E-state index is -0.700. The number of morpholine rings is 1. The van der Waals surface area contributed by atoms with Crippen LogP contribution in [0, 0.1) is 0 Å². The topological polar surface area (TPSA) is 65.0 Å². The summed E-state index contributed by atoms with van der Waals surface area (Å²) in [5.74, 6) is 0.125. The van der Waals surface area contributed by atoms with Crippen LogP contribution in [0.25, 0.3) is 0 Å². The van der Waals surface area contributed by atoms with Crippen LogP contribution in [-0.2, 0) is 9.53 Å². The van der Waals surface area contributed by atoms with Crippen molar-refractivity contribution in [2.45, 2.75) is 25.0 Å². The van der Waals surface area contributed by atoms with Crippen molar-refractivity contribution >= 4 is 5.91 Å². The van der Waals surface area contributed by atoms with Crippen LogP contribution in [0.15, 0.2) is 0 Å². The highest BCUT2D eigenvalue weighted by Crippen LogP contribution is 2.17. The monoisotopic (exact) mass is 271 g/mol. The van der Waals surface area contributed by atoms with Crippen LogP contribution in [0.2, 0.25) is 0 Å². The number of ether oxygens (including phenoxy) is 1. The first kappa shape index (κ1) is 14.7. The summed E-state index contributed by atoms with van der Waals surface area (Å²) in [6.07, 6.45) is 0.746. The molecule has 2 saturated heterocycles. The molecule has 2 unspecified atom stereocenters. The van der Waals surface area contributed by atoms with E-state index in [0.29, 0.717) is 39.4 Å². The van der Waals surface area contributed by atoms with Gasteiger partial charge >= 0.3 is 0 Å². The fourth-order valence-corrected chi connectivity index (χ4v) is 2.70. The standard InChI is InChI=1S/C13H25N3O3/c1-11(12(17)16-5-7-19-8-6-16)15(2)10-13(18)3-4-14-9-13/h11,14,18H,3-10H2,1-2H3. The van der Waals surface area contributed by atoms with Crippen LogP contribution in [0.4, 0.5) is 0 Å². The summed E-state index contributed by atoms with van der Waals surface area (Å²) < 4.78 is 5.26. The van der Waals surface area contributed by atoms with Crippen LogP contribution < -0.4 is 5.32 Å². The maximum Gasteiger partial charge on any atom is 0.239 e. The third-order valence-corrected chi connectivity index (χ3v) is 4.11. The van der Waals surface area contributed by atoms with Gasteiger partial charge < -0.3 is 20.1 Å². The first-order valence-electron chi connectivity index (χ1n) is 7.02. The van der Waals surface area contributed by atoms with E-state index < -0.39 is 5.60 Å². The van der Waals surface area contributed by atoms with E-state index in [2.05, 4.69) is 5.32 Å². The molecule has 2 aliphatic rings. The van der Waals surface area contributed by atoms with Gasteiger partial charge in [-0.05, 0) is 26.9 Å². The molecule has 2 rings (SSSR count). The minimum Gasteiger partial charge on any atom is -0.387 e. The molecule has 0 aromatic heterocycles. The number of amides is 1. The molecule has 0 saturated carbocycles. The molecular weight excluding hydrogens is 246 g/mol. The van der Waals surface area contributed by atoms with Crippen molar-refractivity contribution in [3.63, 3.8) is 0 Å². The third-order valence-electron chi connectivity index (χ3n) is 4.11. The molecular formula is C13H25N3O3. The van der Waals surface area contributed by atoms with E-state index >= 15 is 0 Å². The second-order valence-corrected chi connectivity index (χ2v) is 5.68. The summed E-state index contributed by atoms with van der Waals surface area (Å²) >= 11 is 0. The Morgan fingerprint density at radius 3 is 2.79 bits per heavy atom. The summed E-state index contributed by atoms with van der Waals surface area (Å²) in [6, 6.07) is -0.206. The lowest BCUT2D eigenvalue weighted by Crippen LogP contribution is -2.53. The van der Waals surface area contributed by atoms with Crippen molar-refractivity contribution in [3.8, 4) is 0 Å². The number of hydrogen-bond donors (Lipinski definition) is 2. The lowest BCUT2D eigenvalue weighted by atomic mass is 10.0. The van der Waals surface area contributed by atoms with Crippen molar-refractivity contribution in [2.75, 3.05) is 53.0 Å². The van der Waals surface area contributed by atoms with Gasteiger partial charge in [0.25, 0.3) is 0 Å². The van der Waals surface area contributed by atoms with E-state index in [9.17, 15) is 9.90 Å². The number of nitrogens with zero attached hydrogens (tertiary/aromatic N) is 2. The van der Waals surface area contributed by atoms with Crippen molar-refractivity contribution in [2.24, 2.45) is 0 Å². The third kappa shape index (κ3) is 3.66. The van der Waals surface area contributed by atoms with Crippen LogP contribution in [0.3, 0.4) is 0 Å². The first-order valence-corrected chi connectivity index (χ1v) is 7.02. The molecule has 2 aliphatic heterocycles. The quantitative estimate of drug-likeness (QED) is 0.679. The molecule has 0 aliphatic carbocycles. The van der Waals surface area contributed by atoms with E-state index in [1.807, 2.05) is 23.8 Å². The summed E-state index contributed by atoms with van der Waals surface area (Å²) in [6.45, 7) is 6.46. The predicted molar refractivity (Wildman–Crippen MR) is 71.9 cm³/mol. The molecule has 6 nitrogen and oxygen atoms in total. The van der Waals surface area contributed by atoms with E-state index in [0.717, 1.165) is 13.0 Å². The van der Waals surface area contributed by atoms with Gasteiger partial charge in [-0.1, -0.05) is 0 Å². The van der Waals surface area contributed by atoms with Gasteiger partial charge in [-0.15, -0.1) is 0 Å². The van der Waals surface area contributed by atoms with E-state index in [-0.39, 0.29) is 11.9 Å². The predicted octanol–water partition coefficient (Wildman–Crippen LogP) is -1.11. The minimum absolute atomic E-state index is 0.125. The second-order valence-electron chi connectivity index (χ2n) is 5.68. The molecule has 6 heteroatoms. The number of aliphatic hydroxyl groups is 1. The van der Waals surface area contributed by atoms with Crippen molar-refractivity contribution in [1.29, 1.82) is 0 Å². The molecule has 0 aromatic carbocycles. The zero-order valence-corrected chi connectivity index (χ0v) is 11.9. The lowest BCUT2D eigenvalue weighted by molar-refractivity contribution is -0.141. The Morgan fingerprint density at radius 1 is 1.53 bits per heavy atom. The smallest absolute Gasteiger partial charge is 0.239 e. The van der Waals surface area contributed by atoms with Gasteiger partial charge in [-0.3, -0.25) is 9.69 Å². The summed E-state index contributed by atoms with van der Waals surface area (Å²) in [7, 11) is 1.90. The number of hydrogen-bond acceptors (Lipinski definition) is 5. The van der Waals surface area contributed by atoms with Gasteiger partial charge in [0.2, 0.25) is 5.91 Å². The Bertz CT molecular complexity index is 312. The summed E-state index contributed by atoms with van der Waals surface area (Å²) in [5, 5.41) is 13.5. The molecule has 2 atom stereocenters. The van der Waals surface area contributed by atoms with Crippen molar-refractivity contribution in [1.82, 2.24) is 15.1 Å². The van der Waals surface area contributed by atoms with E-state index in [4.69, 9.17) is 4.74 Å². The Hall–Kier alpha value is -0.690. The highest BCUT2D eigenvalue weighted by Gasteiger charge is 2.35. The largest absolute Gasteiger partial charge is 0.387 e. The van der Waals surface area contributed by atoms with Crippen LogP contribution in [-0.4, -0.2) is 85.4 Å². The maximum atomic E-state index is 12.3. The van der Waals surface area contributed by atoms with Gasteiger partial charge in [-0.2, -0.15) is 0 Å². The molecule has 0 aromatic rings. The molecule has 2 N–H and O–H groups in total. The normalized spacial score (nSPS) is 29.8.